The van der Waals surface area contributed by atoms with E-state index in [9.17, 15) is 9.70 Å². The Hall–Kier alpha value is -2.04. The van der Waals surface area contributed by atoms with Crippen molar-refractivity contribution >= 4 is 17.7 Å². The number of amides is 1. The lowest BCUT2D eigenvalue weighted by atomic mass is 10.1. The molecule has 0 aromatic carbocycles. The molecule has 5 heteroatoms. The van der Waals surface area contributed by atoms with E-state index < -0.39 is 5.91 Å². The third-order valence-electron chi connectivity index (χ3n) is 1.97. The van der Waals surface area contributed by atoms with Gasteiger partial charge >= 0.3 is 5.91 Å². The van der Waals surface area contributed by atoms with Gasteiger partial charge in [-0.25, -0.2) is 0 Å². The molecule has 0 spiro atoms. The van der Waals surface area contributed by atoms with Gasteiger partial charge in [0.15, 0.2) is 0 Å². The number of hydrogen-bond acceptors (Lipinski definition) is 4. The first kappa shape index (κ1) is 8.55. The molecule has 0 fully saturated rings. The van der Waals surface area contributed by atoms with E-state index in [-0.39, 0.29) is 5.69 Å². The molecule has 14 heavy (non-hydrogen) atoms. The summed E-state index contributed by atoms with van der Waals surface area (Å²) in [6.45, 7) is 0.708. The molecule has 1 amide bonds. The highest BCUT2D eigenvalue weighted by molar-refractivity contribution is 5.98. The number of carbonyl (C=O) groups excluding carboxylic acids is 1. The maximum absolute atomic E-state index is 11.1. The number of nitrogens with zero attached hydrogens (tertiary/aromatic N) is 2. The molecule has 2 rings (SSSR count). The summed E-state index contributed by atoms with van der Waals surface area (Å²) in [5, 5.41) is 5.41. The van der Waals surface area contributed by atoms with Crippen molar-refractivity contribution in [2.75, 3.05) is 11.9 Å². The Labute approximate surface area is 79.8 Å². The van der Waals surface area contributed by atoms with Gasteiger partial charge in [0, 0.05) is 29.2 Å². The van der Waals surface area contributed by atoms with E-state index >= 15 is 0 Å². The number of pyridine rings is 1. The first-order chi connectivity index (χ1) is 6.83. The predicted octanol–water partition coefficient (Wildman–Crippen LogP) is 1.43. The van der Waals surface area contributed by atoms with Gasteiger partial charge in [-0.15, -0.1) is 4.91 Å². The van der Waals surface area contributed by atoms with Gasteiger partial charge in [0.2, 0.25) is 0 Å². The molecule has 0 aliphatic carbocycles. The fourth-order valence-electron chi connectivity index (χ4n) is 1.36. The first-order valence-electron chi connectivity index (χ1n) is 4.10. The van der Waals surface area contributed by atoms with E-state index in [1.54, 1.807) is 12.1 Å². The Balaban J connectivity index is 2.57. The molecule has 0 saturated heterocycles. The molecule has 0 bridgehead atoms. The molecule has 1 N–H and O–H groups in total. The SMILES string of the molecule is O=NC(=O)c1nccc2c1C=CCN2. The molecule has 1 aromatic rings. The third-order valence-corrected chi connectivity index (χ3v) is 1.97. The van der Waals surface area contributed by atoms with Crippen molar-refractivity contribution in [3.63, 3.8) is 0 Å². The second kappa shape index (κ2) is 3.37. The normalized spacial score (nSPS) is 12.9. The van der Waals surface area contributed by atoms with Crippen molar-refractivity contribution in [2.24, 2.45) is 5.18 Å². The summed E-state index contributed by atoms with van der Waals surface area (Å²) >= 11 is 0. The zero-order valence-electron chi connectivity index (χ0n) is 7.23. The Bertz CT molecular complexity index is 426. The van der Waals surface area contributed by atoms with Crippen LogP contribution in [-0.2, 0) is 0 Å². The Kier molecular flexibility index (Phi) is 2.06. The number of rotatable bonds is 1. The fraction of sp³-hybridized carbons (Fsp3) is 0.111. The van der Waals surface area contributed by atoms with Gasteiger partial charge in [0.05, 0.1) is 0 Å². The van der Waals surface area contributed by atoms with E-state index in [2.05, 4.69) is 15.5 Å². The van der Waals surface area contributed by atoms with Crippen molar-refractivity contribution in [2.45, 2.75) is 0 Å². The van der Waals surface area contributed by atoms with Crippen LogP contribution in [0.4, 0.5) is 5.69 Å². The number of carbonyl (C=O) groups is 1. The minimum atomic E-state index is -0.838. The molecule has 0 radical (unpaired) electrons. The van der Waals surface area contributed by atoms with E-state index in [1.807, 2.05) is 6.08 Å². The van der Waals surface area contributed by atoms with Gasteiger partial charge in [-0.2, -0.15) is 0 Å². The topological polar surface area (TPSA) is 71.4 Å². The zero-order valence-corrected chi connectivity index (χ0v) is 7.23. The average molecular weight is 189 g/mol. The molecule has 1 aromatic heterocycles. The minimum Gasteiger partial charge on any atom is -0.381 e. The van der Waals surface area contributed by atoms with Crippen LogP contribution >= 0.6 is 0 Å². The van der Waals surface area contributed by atoms with E-state index in [1.165, 1.54) is 6.20 Å². The quantitative estimate of drug-likeness (QED) is 0.678. The standard InChI is InChI=1S/C9H7N3O2/c13-9(12-14)8-6-2-1-4-10-7(6)3-5-11-8/h1-3,5,10H,4H2. The molecule has 0 atom stereocenters. The molecular weight excluding hydrogens is 182 g/mol. The largest absolute Gasteiger partial charge is 0.381 e. The monoisotopic (exact) mass is 189 g/mol. The smallest absolute Gasteiger partial charge is 0.335 e. The van der Waals surface area contributed by atoms with Gasteiger partial charge in [-0.3, -0.25) is 9.78 Å². The molecule has 2 heterocycles. The molecule has 5 nitrogen and oxygen atoms in total. The maximum atomic E-state index is 11.1. The van der Waals surface area contributed by atoms with Crippen molar-refractivity contribution in [1.29, 1.82) is 0 Å². The second-order valence-corrected chi connectivity index (χ2v) is 2.80. The van der Waals surface area contributed by atoms with Gasteiger partial charge in [0.1, 0.15) is 5.69 Å². The number of aromatic nitrogens is 1. The minimum absolute atomic E-state index is 0.0981. The molecule has 0 saturated carbocycles. The molecule has 1 aliphatic heterocycles. The lowest BCUT2D eigenvalue weighted by molar-refractivity contribution is 0.0996. The van der Waals surface area contributed by atoms with Gasteiger partial charge in [0.25, 0.3) is 0 Å². The Morgan fingerprint density at radius 3 is 3.21 bits per heavy atom. The predicted molar refractivity (Wildman–Crippen MR) is 51.9 cm³/mol. The van der Waals surface area contributed by atoms with Gasteiger partial charge in [-0.1, -0.05) is 12.2 Å². The second-order valence-electron chi connectivity index (χ2n) is 2.80. The van der Waals surface area contributed by atoms with Crippen LogP contribution in [0, 0.1) is 4.91 Å². The highest BCUT2D eigenvalue weighted by Gasteiger charge is 2.16. The van der Waals surface area contributed by atoms with Crippen LogP contribution in [0.2, 0.25) is 0 Å². The summed E-state index contributed by atoms with van der Waals surface area (Å²) in [5.41, 5.74) is 1.53. The van der Waals surface area contributed by atoms with Gasteiger partial charge < -0.3 is 5.32 Å². The highest BCUT2D eigenvalue weighted by atomic mass is 16.3. The van der Waals surface area contributed by atoms with Crippen LogP contribution in [-0.4, -0.2) is 17.4 Å². The first-order valence-corrected chi connectivity index (χ1v) is 4.10. The fourth-order valence-corrected chi connectivity index (χ4v) is 1.36. The Morgan fingerprint density at radius 1 is 1.57 bits per heavy atom. The van der Waals surface area contributed by atoms with Crippen molar-refractivity contribution in [3.8, 4) is 0 Å². The average Bonchev–Trinajstić information content (AvgIpc) is 2.27. The van der Waals surface area contributed by atoms with E-state index in [0.717, 1.165) is 5.69 Å². The van der Waals surface area contributed by atoms with Crippen LogP contribution in [0.3, 0.4) is 0 Å². The summed E-state index contributed by atoms with van der Waals surface area (Å²) in [4.78, 5) is 25.0. The molecule has 0 unspecified atom stereocenters. The summed E-state index contributed by atoms with van der Waals surface area (Å²) in [6, 6.07) is 1.75. The van der Waals surface area contributed by atoms with Gasteiger partial charge in [-0.05, 0) is 6.07 Å². The summed E-state index contributed by atoms with van der Waals surface area (Å²) in [7, 11) is 0. The van der Waals surface area contributed by atoms with Crippen LogP contribution in [0.5, 0.6) is 0 Å². The van der Waals surface area contributed by atoms with Crippen molar-refractivity contribution < 1.29 is 4.79 Å². The van der Waals surface area contributed by atoms with Crippen molar-refractivity contribution in [1.82, 2.24) is 4.98 Å². The van der Waals surface area contributed by atoms with Crippen molar-refractivity contribution in [3.05, 3.63) is 34.5 Å². The number of nitroso groups, excluding NO2 is 1. The lowest BCUT2D eigenvalue weighted by Gasteiger charge is -2.13. The van der Waals surface area contributed by atoms with Crippen LogP contribution in [0.1, 0.15) is 16.1 Å². The summed E-state index contributed by atoms with van der Waals surface area (Å²) in [5.74, 6) is -0.838. The van der Waals surface area contributed by atoms with E-state index in [0.29, 0.717) is 12.1 Å². The number of nitrogens with one attached hydrogen (secondary N) is 1. The maximum Gasteiger partial charge on any atom is 0.335 e. The molecule has 1 aliphatic rings. The zero-order chi connectivity index (χ0) is 9.97. The third kappa shape index (κ3) is 1.28. The van der Waals surface area contributed by atoms with Crippen LogP contribution in [0.25, 0.3) is 6.08 Å². The number of fused-ring (bicyclic) bond motifs is 1. The highest BCUT2D eigenvalue weighted by Crippen LogP contribution is 2.22. The van der Waals surface area contributed by atoms with Crippen LogP contribution < -0.4 is 5.32 Å². The lowest BCUT2D eigenvalue weighted by Crippen LogP contribution is -2.10. The summed E-state index contributed by atoms with van der Waals surface area (Å²) in [6.07, 6.45) is 5.09. The Morgan fingerprint density at radius 2 is 2.43 bits per heavy atom. The molecule has 70 valence electrons. The van der Waals surface area contributed by atoms with Crippen LogP contribution in [0.15, 0.2) is 23.5 Å². The summed E-state index contributed by atoms with van der Waals surface area (Å²) < 4.78 is 0. The molecular formula is C9H7N3O2. The van der Waals surface area contributed by atoms with E-state index in [4.69, 9.17) is 0 Å². The number of anilines is 1. The number of hydrogen-bond donors (Lipinski definition) is 1.